The van der Waals surface area contributed by atoms with Crippen LogP contribution in [0.1, 0.15) is 35.9 Å². The maximum atomic E-state index is 13.0. The van der Waals surface area contributed by atoms with Crippen LogP contribution in [0.15, 0.2) is 18.2 Å². The van der Waals surface area contributed by atoms with E-state index in [4.69, 9.17) is 4.74 Å². The Balaban J connectivity index is 1.49. The highest BCUT2D eigenvalue weighted by Crippen LogP contribution is 2.23. The number of nitrogens with zero attached hydrogens (tertiary/aromatic N) is 3. The summed E-state index contributed by atoms with van der Waals surface area (Å²) < 4.78 is 5.81. The molecule has 0 spiro atoms. The van der Waals surface area contributed by atoms with Crippen molar-refractivity contribution in [3.63, 3.8) is 0 Å². The fourth-order valence-corrected chi connectivity index (χ4v) is 4.15. The molecule has 1 N–H and O–H groups in total. The number of piperazine rings is 1. The third-order valence-corrected chi connectivity index (χ3v) is 5.37. The minimum Gasteiger partial charge on any atom is -0.378 e. The number of nitrogens with one attached hydrogen (secondary N) is 1. The van der Waals surface area contributed by atoms with E-state index in [-0.39, 0.29) is 5.91 Å². The number of benzene rings is 1. The lowest BCUT2D eigenvalue weighted by Crippen LogP contribution is -2.62. The molecule has 25 heavy (non-hydrogen) atoms. The first-order valence-electron chi connectivity index (χ1n) is 9.25. The van der Waals surface area contributed by atoms with Crippen LogP contribution >= 0.6 is 0 Å². The normalized spacial score (nSPS) is 24.5. The van der Waals surface area contributed by atoms with Crippen LogP contribution in [-0.4, -0.2) is 70.6 Å². The fourth-order valence-electron chi connectivity index (χ4n) is 4.15. The maximum absolute atomic E-state index is 13.0. The monoisotopic (exact) mass is 342 g/mol. The van der Waals surface area contributed by atoms with Crippen molar-refractivity contribution in [1.29, 1.82) is 0 Å². The Morgan fingerprint density at radius 1 is 1.36 bits per heavy atom. The molecule has 2 aliphatic rings. The summed E-state index contributed by atoms with van der Waals surface area (Å²) in [5.74, 6) is 0.973. The van der Waals surface area contributed by atoms with Gasteiger partial charge in [0.05, 0.1) is 30.3 Å². The smallest absolute Gasteiger partial charge is 0.254 e. The highest BCUT2D eigenvalue weighted by Gasteiger charge is 2.36. The maximum Gasteiger partial charge on any atom is 0.254 e. The minimum absolute atomic E-state index is 0.103. The molecule has 2 fully saturated rings. The molecule has 134 valence electrons. The van der Waals surface area contributed by atoms with E-state index in [1.807, 2.05) is 30.0 Å². The number of fused-ring (bicyclic) bond motifs is 2. The zero-order valence-corrected chi connectivity index (χ0v) is 15.0. The van der Waals surface area contributed by atoms with E-state index in [2.05, 4.69) is 21.8 Å². The van der Waals surface area contributed by atoms with Crippen LogP contribution in [0.2, 0.25) is 0 Å². The zero-order chi connectivity index (χ0) is 17.4. The Morgan fingerprint density at radius 3 is 3.08 bits per heavy atom. The SMILES string of the molecule is CCC[C@H]1COC[C@H]2CN(C(=O)c3ccc4nc(C)[nH]c4c3)CCN12. The summed E-state index contributed by atoms with van der Waals surface area (Å²) in [7, 11) is 0. The molecule has 2 atom stereocenters. The highest BCUT2D eigenvalue weighted by molar-refractivity contribution is 5.97. The first-order chi connectivity index (χ1) is 12.2. The molecule has 0 saturated carbocycles. The molecule has 3 heterocycles. The summed E-state index contributed by atoms with van der Waals surface area (Å²) in [6.45, 7) is 8.18. The Bertz CT molecular complexity index is 770. The molecule has 0 radical (unpaired) electrons. The average molecular weight is 342 g/mol. The number of imidazole rings is 1. The number of H-pyrrole nitrogens is 1. The molecule has 2 aliphatic heterocycles. The molecule has 6 heteroatoms. The van der Waals surface area contributed by atoms with Crippen LogP contribution in [0.4, 0.5) is 0 Å². The second-order valence-electron chi connectivity index (χ2n) is 7.18. The number of carbonyl (C=O) groups excluding carboxylic acids is 1. The lowest BCUT2D eigenvalue weighted by Gasteiger charge is -2.48. The predicted molar refractivity (Wildman–Crippen MR) is 96.7 cm³/mol. The van der Waals surface area contributed by atoms with Gasteiger partial charge in [-0.25, -0.2) is 4.98 Å². The van der Waals surface area contributed by atoms with Crippen LogP contribution in [0.5, 0.6) is 0 Å². The lowest BCUT2D eigenvalue weighted by molar-refractivity contribution is -0.0776. The Morgan fingerprint density at radius 2 is 2.24 bits per heavy atom. The number of aromatic nitrogens is 2. The van der Waals surface area contributed by atoms with Gasteiger partial charge >= 0.3 is 0 Å². The van der Waals surface area contributed by atoms with Gasteiger partial charge in [0.2, 0.25) is 0 Å². The van der Waals surface area contributed by atoms with Crippen molar-refractivity contribution in [2.45, 2.75) is 38.8 Å². The second kappa shape index (κ2) is 6.77. The molecule has 4 rings (SSSR count). The number of morpholine rings is 1. The van der Waals surface area contributed by atoms with E-state index in [1.165, 1.54) is 12.8 Å². The molecule has 1 aromatic carbocycles. The number of rotatable bonds is 3. The summed E-state index contributed by atoms with van der Waals surface area (Å²) in [5.41, 5.74) is 2.55. The third kappa shape index (κ3) is 3.16. The first-order valence-corrected chi connectivity index (χ1v) is 9.25. The van der Waals surface area contributed by atoms with Crippen molar-refractivity contribution in [2.24, 2.45) is 0 Å². The van der Waals surface area contributed by atoms with Gasteiger partial charge in [0, 0.05) is 31.2 Å². The molecule has 1 aromatic heterocycles. The topological polar surface area (TPSA) is 61.5 Å². The van der Waals surface area contributed by atoms with Gasteiger partial charge in [-0.05, 0) is 31.5 Å². The molecule has 0 aliphatic carbocycles. The van der Waals surface area contributed by atoms with Gasteiger partial charge in [0.25, 0.3) is 5.91 Å². The first kappa shape index (κ1) is 16.5. The molecule has 2 saturated heterocycles. The van der Waals surface area contributed by atoms with E-state index in [9.17, 15) is 4.79 Å². The highest BCUT2D eigenvalue weighted by atomic mass is 16.5. The van der Waals surface area contributed by atoms with Gasteiger partial charge < -0.3 is 14.6 Å². The van der Waals surface area contributed by atoms with Crippen LogP contribution in [0.25, 0.3) is 11.0 Å². The number of carbonyl (C=O) groups is 1. The molecular formula is C19H26N4O2. The fraction of sp³-hybridized carbons (Fsp3) is 0.579. The number of amides is 1. The number of aromatic amines is 1. The summed E-state index contributed by atoms with van der Waals surface area (Å²) in [6, 6.07) is 6.55. The quantitative estimate of drug-likeness (QED) is 0.929. The van der Waals surface area contributed by atoms with Crippen molar-refractivity contribution in [1.82, 2.24) is 19.8 Å². The Labute approximate surface area is 148 Å². The molecular weight excluding hydrogens is 316 g/mol. The van der Waals surface area contributed by atoms with Crippen molar-refractivity contribution < 1.29 is 9.53 Å². The second-order valence-corrected chi connectivity index (χ2v) is 7.18. The number of ether oxygens (including phenoxy) is 1. The van der Waals surface area contributed by atoms with Gasteiger partial charge in [-0.3, -0.25) is 9.69 Å². The predicted octanol–water partition coefficient (Wildman–Crippen LogP) is 2.20. The molecule has 6 nitrogen and oxygen atoms in total. The number of hydrogen-bond donors (Lipinski definition) is 1. The number of aryl methyl sites for hydroxylation is 1. The Kier molecular flexibility index (Phi) is 4.48. The molecule has 0 unspecified atom stereocenters. The van der Waals surface area contributed by atoms with Gasteiger partial charge in [0.1, 0.15) is 5.82 Å². The van der Waals surface area contributed by atoms with Gasteiger partial charge in [0.15, 0.2) is 0 Å². The van der Waals surface area contributed by atoms with Gasteiger partial charge in [-0.1, -0.05) is 13.3 Å². The molecule has 0 bridgehead atoms. The van der Waals surface area contributed by atoms with Crippen LogP contribution in [-0.2, 0) is 4.74 Å². The summed E-state index contributed by atoms with van der Waals surface area (Å²) in [4.78, 5) is 25.1. The van der Waals surface area contributed by atoms with E-state index >= 15 is 0 Å². The van der Waals surface area contributed by atoms with E-state index in [1.54, 1.807) is 0 Å². The lowest BCUT2D eigenvalue weighted by atomic mass is 10.0. The van der Waals surface area contributed by atoms with Crippen molar-refractivity contribution in [2.75, 3.05) is 32.8 Å². The largest absolute Gasteiger partial charge is 0.378 e. The van der Waals surface area contributed by atoms with E-state index in [0.29, 0.717) is 12.1 Å². The average Bonchev–Trinajstić information content (AvgIpc) is 3.00. The molecule has 2 aromatic rings. The summed E-state index contributed by atoms with van der Waals surface area (Å²) >= 11 is 0. The van der Waals surface area contributed by atoms with Crippen molar-refractivity contribution in [3.05, 3.63) is 29.6 Å². The standard InChI is InChI=1S/C19H26N4O2/c1-3-4-15-11-25-12-16-10-22(7-8-23(15)16)19(24)14-5-6-17-18(9-14)21-13(2)20-17/h5-6,9,15-16H,3-4,7-8,10-12H2,1-2H3,(H,20,21)/t15-,16+/m0/s1. The van der Waals surface area contributed by atoms with Crippen LogP contribution in [0, 0.1) is 6.92 Å². The van der Waals surface area contributed by atoms with E-state index < -0.39 is 0 Å². The van der Waals surface area contributed by atoms with E-state index in [0.717, 1.165) is 55.3 Å². The number of hydrogen-bond acceptors (Lipinski definition) is 4. The zero-order valence-electron chi connectivity index (χ0n) is 15.0. The summed E-state index contributed by atoms with van der Waals surface area (Å²) in [6.07, 6.45) is 2.34. The van der Waals surface area contributed by atoms with Crippen LogP contribution in [0.3, 0.4) is 0 Å². The van der Waals surface area contributed by atoms with Crippen LogP contribution < -0.4 is 0 Å². The van der Waals surface area contributed by atoms with Crippen molar-refractivity contribution in [3.8, 4) is 0 Å². The van der Waals surface area contributed by atoms with Gasteiger partial charge in [-0.2, -0.15) is 0 Å². The van der Waals surface area contributed by atoms with Gasteiger partial charge in [-0.15, -0.1) is 0 Å². The minimum atomic E-state index is 0.103. The Hall–Kier alpha value is -1.92. The molecule has 1 amide bonds. The summed E-state index contributed by atoms with van der Waals surface area (Å²) in [5, 5.41) is 0. The third-order valence-electron chi connectivity index (χ3n) is 5.37. The van der Waals surface area contributed by atoms with Crippen molar-refractivity contribution >= 4 is 16.9 Å².